The molecule has 1 fully saturated rings. The van der Waals surface area contributed by atoms with Crippen molar-refractivity contribution < 1.29 is 0 Å². The summed E-state index contributed by atoms with van der Waals surface area (Å²) in [5.74, 6) is 0.725. The summed E-state index contributed by atoms with van der Waals surface area (Å²) in [5.41, 5.74) is 3.17. The van der Waals surface area contributed by atoms with Crippen LogP contribution in [0.3, 0.4) is 0 Å². The van der Waals surface area contributed by atoms with Gasteiger partial charge in [-0.1, -0.05) is 58.4 Å². The van der Waals surface area contributed by atoms with Crippen LogP contribution in [-0.4, -0.2) is 23.5 Å². The predicted molar refractivity (Wildman–Crippen MR) is 97.5 cm³/mol. The van der Waals surface area contributed by atoms with Crippen LogP contribution in [0.1, 0.15) is 71.9 Å². The molecule has 0 radical (unpaired) electrons. The highest BCUT2D eigenvalue weighted by atomic mass is 15.2. The van der Waals surface area contributed by atoms with Crippen LogP contribution in [0.15, 0.2) is 24.3 Å². The van der Waals surface area contributed by atoms with E-state index in [0.29, 0.717) is 0 Å². The first-order chi connectivity index (χ1) is 10.3. The summed E-state index contributed by atoms with van der Waals surface area (Å²) in [6, 6.07) is 10.8. The Morgan fingerprint density at radius 3 is 2.09 bits per heavy atom. The second-order valence-corrected chi connectivity index (χ2v) is 8.58. The first-order valence-electron chi connectivity index (χ1n) is 9.12. The van der Waals surface area contributed by atoms with E-state index >= 15 is 0 Å². The number of rotatable bonds is 4. The Morgan fingerprint density at radius 1 is 1.05 bits per heavy atom. The average molecular weight is 302 g/mol. The molecule has 3 atom stereocenters. The van der Waals surface area contributed by atoms with Gasteiger partial charge in [-0.2, -0.15) is 0 Å². The van der Waals surface area contributed by atoms with Gasteiger partial charge in [0.15, 0.2) is 0 Å². The lowest BCUT2D eigenvalue weighted by Gasteiger charge is -2.40. The van der Waals surface area contributed by atoms with Crippen molar-refractivity contribution in [3.63, 3.8) is 0 Å². The number of benzene rings is 1. The van der Waals surface area contributed by atoms with Crippen LogP contribution in [0.4, 0.5) is 0 Å². The van der Waals surface area contributed by atoms with Crippen molar-refractivity contribution in [2.24, 2.45) is 5.92 Å². The van der Waals surface area contributed by atoms with Gasteiger partial charge in [0.05, 0.1) is 0 Å². The second-order valence-electron chi connectivity index (χ2n) is 8.58. The zero-order chi connectivity index (χ0) is 16.3. The minimum atomic E-state index is 0.253. The minimum Gasteiger partial charge on any atom is -0.298 e. The Labute approximate surface area is 138 Å². The van der Waals surface area contributed by atoms with Crippen molar-refractivity contribution in [3.8, 4) is 0 Å². The molecule has 1 aliphatic heterocycles. The lowest BCUT2D eigenvalue weighted by molar-refractivity contribution is 0.0869. The first-order valence-corrected chi connectivity index (χ1v) is 9.12. The molecule has 0 aromatic heterocycles. The largest absolute Gasteiger partial charge is 0.298 e. The zero-order valence-corrected chi connectivity index (χ0v) is 15.5. The molecule has 1 aliphatic rings. The molecule has 1 saturated heterocycles. The van der Waals surface area contributed by atoms with E-state index in [2.05, 4.69) is 70.7 Å². The Hall–Kier alpha value is -0.820. The molecule has 0 bridgehead atoms. The summed E-state index contributed by atoms with van der Waals surface area (Å²) in [5, 5.41) is 0. The van der Waals surface area contributed by atoms with Crippen molar-refractivity contribution in [3.05, 3.63) is 35.4 Å². The van der Waals surface area contributed by atoms with Crippen LogP contribution in [0.2, 0.25) is 0 Å². The third-order valence-electron chi connectivity index (χ3n) is 5.30. The molecule has 0 N–H and O–H groups in total. The molecule has 0 spiro atoms. The molecule has 0 amide bonds. The molecule has 22 heavy (non-hydrogen) atoms. The molecule has 0 aliphatic carbocycles. The summed E-state index contributed by atoms with van der Waals surface area (Å²) in [6.07, 6.45) is 5.34. The maximum atomic E-state index is 2.73. The van der Waals surface area contributed by atoms with E-state index in [4.69, 9.17) is 0 Å². The summed E-state index contributed by atoms with van der Waals surface area (Å²) in [7, 11) is 0. The molecular formula is C21H35N. The van der Waals surface area contributed by atoms with E-state index in [9.17, 15) is 0 Å². The van der Waals surface area contributed by atoms with E-state index in [-0.39, 0.29) is 5.41 Å². The van der Waals surface area contributed by atoms with Gasteiger partial charge in [-0.3, -0.25) is 4.90 Å². The fourth-order valence-electron chi connectivity index (χ4n) is 3.80. The van der Waals surface area contributed by atoms with Crippen LogP contribution in [0, 0.1) is 5.92 Å². The van der Waals surface area contributed by atoms with Gasteiger partial charge in [0.1, 0.15) is 0 Å². The van der Waals surface area contributed by atoms with Crippen molar-refractivity contribution in [2.45, 2.75) is 84.7 Å². The number of hydrogen-bond acceptors (Lipinski definition) is 1. The molecule has 124 valence electrons. The lowest BCUT2D eigenvalue weighted by atomic mass is 9.86. The number of hydrogen-bond donors (Lipinski definition) is 0. The van der Waals surface area contributed by atoms with Crippen LogP contribution in [0.25, 0.3) is 0 Å². The van der Waals surface area contributed by atoms with E-state index < -0.39 is 0 Å². The molecule has 1 aromatic rings. The summed E-state index contributed by atoms with van der Waals surface area (Å²) in [4.78, 5) is 2.73. The van der Waals surface area contributed by atoms with Gasteiger partial charge in [0, 0.05) is 18.6 Å². The molecule has 1 heteroatoms. The van der Waals surface area contributed by atoms with Crippen molar-refractivity contribution in [1.82, 2.24) is 4.90 Å². The molecule has 1 heterocycles. The second kappa shape index (κ2) is 7.17. The Kier molecular flexibility index (Phi) is 5.71. The first kappa shape index (κ1) is 17.5. The van der Waals surface area contributed by atoms with Crippen LogP contribution in [-0.2, 0) is 11.8 Å². The zero-order valence-electron chi connectivity index (χ0n) is 15.5. The Morgan fingerprint density at radius 2 is 1.59 bits per heavy atom. The fourth-order valence-corrected chi connectivity index (χ4v) is 3.80. The summed E-state index contributed by atoms with van der Waals surface area (Å²) < 4.78 is 0. The third-order valence-corrected chi connectivity index (χ3v) is 5.30. The lowest BCUT2D eigenvalue weighted by Crippen LogP contribution is -2.45. The van der Waals surface area contributed by atoms with Crippen molar-refractivity contribution in [1.29, 1.82) is 0 Å². The Bertz CT molecular complexity index is 444. The highest BCUT2D eigenvalue weighted by Crippen LogP contribution is 2.25. The molecule has 1 aromatic carbocycles. The monoisotopic (exact) mass is 301 g/mol. The van der Waals surface area contributed by atoms with Crippen LogP contribution >= 0.6 is 0 Å². The average Bonchev–Trinajstić information content (AvgIpc) is 2.43. The van der Waals surface area contributed by atoms with Gasteiger partial charge in [0.25, 0.3) is 0 Å². The fraction of sp³-hybridized carbons (Fsp3) is 0.714. The van der Waals surface area contributed by atoms with E-state index in [1.165, 1.54) is 43.4 Å². The standard InChI is InChI=1S/C21H35N/c1-16(15-22-17(2)8-7-9-18(22)3)14-19-10-12-20(13-11-19)21(4,5)6/h10-13,16-18H,7-9,14-15H2,1-6H3. The van der Waals surface area contributed by atoms with E-state index in [1.807, 2.05) is 0 Å². The SMILES string of the molecule is CC(Cc1ccc(C(C)(C)C)cc1)CN1C(C)CCCC1C. The quantitative estimate of drug-likeness (QED) is 0.717. The predicted octanol–water partition coefficient (Wildman–Crippen LogP) is 5.43. The van der Waals surface area contributed by atoms with Gasteiger partial charge < -0.3 is 0 Å². The van der Waals surface area contributed by atoms with Gasteiger partial charge in [0.2, 0.25) is 0 Å². The maximum absolute atomic E-state index is 2.73. The third kappa shape index (κ3) is 4.59. The maximum Gasteiger partial charge on any atom is 0.00698 e. The van der Waals surface area contributed by atoms with E-state index in [1.54, 1.807) is 0 Å². The molecule has 2 rings (SSSR count). The topological polar surface area (TPSA) is 3.24 Å². The van der Waals surface area contributed by atoms with Gasteiger partial charge in [-0.25, -0.2) is 0 Å². The van der Waals surface area contributed by atoms with Gasteiger partial charge in [-0.05, 0) is 55.6 Å². The van der Waals surface area contributed by atoms with Crippen molar-refractivity contribution in [2.75, 3.05) is 6.54 Å². The highest BCUT2D eigenvalue weighted by Gasteiger charge is 2.25. The molecule has 0 saturated carbocycles. The van der Waals surface area contributed by atoms with Crippen LogP contribution in [0.5, 0.6) is 0 Å². The Balaban J connectivity index is 1.92. The van der Waals surface area contributed by atoms with Crippen molar-refractivity contribution >= 4 is 0 Å². The number of piperidine rings is 1. The summed E-state index contributed by atoms with van der Waals surface area (Å²) in [6.45, 7) is 15.3. The molecule has 3 unspecified atom stereocenters. The van der Waals surface area contributed by atoms with Gasteiger partial charge >= 0.3 is 0 Å². The molecule has 1 nitrogen and oxygen atoms in total. The minimum absolute atomic E-state index is 0.253. The molecular weight excluding hydrogens is 266 g/mol. The van der Waals surface area contributed by atoms with Gasteiger partial charge in [-0.15, -0.1) is 0 Å². The number of likely N-dealkylation sites (tertiary alicyclic amines) is 1. The number of nitrogens with zero attached hydrogens (tertiary/aromatic N) is 1. The summed E-state index contributed by atoms with van der Waals surface area (Å²) >= 11 is 0. The van der Waals surface area contributed by atoms with E-state index in [0.717, 1.165) is 18.0 Å². The van der Waals surface area contributed by atoms with Crippen LogP contribution < -0.4 is 0 Å². The highest BCUT2D eigenvalue weighted by molar-refractivity contribution is 5.27. The smallest absolute Gasteiger partial charge is 0.00698 e. The normalized spacial score (nSPS) is 25.2.